The molecule has 1 aliphatic rings. The molecule has 1 aliphatic heterocycles. The van der Waals surface area contributed by atoms with E-state index in [2.05, 4.69) is 15.2 Å². The lowest BCUT2D eigenvalue weighted by atomic mass is 10.1. The summed E-state index contributed by atoms with van der Waals surface area (Å²) in [4.78, 5) is 19.2. The maximum atomic E-state index is 13.3. The van der Waals surface area contributed by atoms with E-state index in [9.17, 15) is 4.79 Å². The third-order valence-corrected chi connectivity index (χ3v) is 5.92. The van der Waals surface area contributed by atoms with Gasteiger partial charge in [-0.1, -0.05) is 42.1 Å². The fourth-order valence-electron chi connectivity index (χ4n) is 3.11. The number of benzene rings is 1. The summed E-state index contributed by atoms with van der Waals surface area (Å²) in [6.07, 6.45) is 3.46. The van der Waals surface area contributed by atoms with E-state index < -0.39 is 0 Å². The van der Waals surface area contributed by atoms with E-state index in [-0.39, 0.29) is 11.2 Å². The zero-order valence-electron chi connectivity index (χ0n) is 15.6. The average Bonchev–Trinajstić information content (AvgIpc) is 3.13. The van der Waals surface area contributed by atoms with Gasteiger partial charge in [-0.3, -0.25) is 9.78 Å². The summed E-state index contributed by atoms with van der Waals surface area (Å²) in [5.74, 6) is 0.823. The Bertz CT molecular complexity index is 926. The minimum absolute atomic E-state index is 0.0768. The number of carbonyl (C=O) groups is 1. The van der Waals surface area contributed by atoms with Crippen LogP contribution in [-0.2, 0) is 16.6 Å². The Hall–Kier alpha value is -2.71. The molecule has 0 aliphatic carbocycles. The minimum atomic E-state index is -0.382. The van der Waals surface area contributed by atoms with Crippen molar-refractivity contribution in [1.82, 2.24) is 24.6 Å². The number of hydrogen-bond donors (Lipinski definition) is 0. The zero-order valence-corrected chi connectivity index (χ0v) is 16.4. The van der Waals surface area contributed by atoms with Gasteiger partial charge < -0.3 is 14.2 Å². The number of amides is 1. The molecular weight excluding hydrogens is 374 g/mol. The topological polar surface area (TPSA) is 73.1 Å². The van der Waals surface area contributed by atoms with Crippen molar-refractivity contribution >= 4 is 17.7 Å². The van der Waals surface area contributed by atoms with Crippen LogP contribution in [0.3, 0.4) is 0 Å². The predicted molar refractivity (Wildman–Crippen MR) is 107 cm³/mol. The van der Waals surface area contributed by atoms with Crippen LogP contribution < -0.4 is 0 Å². The number of morpholine rings is 1. The van der Waals surface area contributed by atoms with Gasteiger partial charge in [0.2, 0.25) is 5.91 Å². The maximum Gasteiger partial charge on any atom is 0.240 e. The van der Waals surface area contributed by atoms with Gasteiger partial charge in [0.15, 0.2) is 11.0 Å². The van der Waals surface area contributed by atoms with Gasteiger partial charge in [-0.25, -0.2) is 0 Å². The second kappa shape index (κ2) is 8.53. The summed E-state index contributed by atoms with van der Waals surface area (Å²) in [7, 11) is 1.92. The van der Waals surface area contributed by atoms with Crippen LogP contribution in [0.2, 0.25) is 0 Å². The Morgan fingerprint density at radius 1 is 1.07 bits per heavy atom. The van der Waals surface area contributed by atoms with Crippen LogP contribution in [0.4, 0.5) is 0 Å². The molecule has 4 rings (SSSR count). The van der Waals surface area contributed by atoms with Gasteiger partial charge in [-0.05, 0) is 17.7 Å². The van der Waals surface area contributed by atoms with Crippen LogP contribution in [0.15, 0.2) is 60.0 Å². The second-order valence-electron chi connectivity index (χ2n) is 6.45. The normalized spacial score (nSPS) is 15.4. The van der Waals surface area contributed by atoms with Crippen molar-refractivity contribution in [2.75, 3.05) is 26.3 Å². The summed E-state index contributed by atoms with van der Waals surface area (Å²) in [5, 5.41) is 8.98. The van der Waals surface area contributed by atoms with E-state index >= 15 is 0 Å². The van der Waals surface area contributed by atoms with Crippen molar-refractivity contribution in [3.05, 3.63) is 60.4 Å². The first-order valence-corrected chi connectivity index (χ1v) is 10.00. The molecule has 1 saturated heterocycles. The molecule has 3 heterocycles. The highest BCUT2D eigenvalue weighted by Gasteiger charge is 2.30. The lowest BCUT2D eigenvalue weighted by molar-refractivity contribution is -0.134. The molecule has 1 aromatic carbocycles. The van der Waals surface area contributed by atoms with E-state index in [1.165, 1.54) is 11.8 Å². The Morgan fingerprint density at radius 3 is 2.50 bits per heavy atom. The molecular formula is C20H21N5O2S. The quantitative estimate of drug-likeness (QED) is 0.618. The van der Waals surface area contributed by atoms with E-state index in [1.54, 1.807) is 12.4 Å². The van der Waals surface area contributed by atoms with E-state index in [0.717, 1.165) is 17.0 Å². The molecule has 0 N–H and O–H groups in total. The minimum Gasteiger partial charge on any atom is -0.378 e. The first kappa shape index (κ1) is 18.6. The molecule has 0 radical (unpaired) electrons. The molecule has 0 unspecified atom stereocenters. The van der Waals surface area contributed by atoms with Crippen molar-refractivity contribution in [1.29, 1.82) is 0 Å². The SMILES string of the molecule is Cn1c(S[C@H](C(=O)N2CCOCC2)c2ccccc2)nnc1-c1ccncc1. The monoisotopic (exact) mass is 395 g/mol. The number of aromatic nitrogens is 4. The third kappa shape index (κ3) is 3.93. The van der Waals surface area contributed by atoms with Gasteiger partial charge >= 0.3 is 0 Å². The third-order valence-electron chi connectivity index (χ3n) is 4.65. The molecule has 0 bridgehead atoms. The van der Waals surface area contributed by atoms with E-state index in [1.807, 2.05) is 59.0 Å². The summed E-state index contributed by atoms with van der Waals surface area (Å²) in [5.41, 5.74) is 1.89. The summed E-state index contributed by atoms with van der Waals surface area (Å²) in [6.45, 7) is 2.38. The van der Waals surface area contributed by atoms with Crippen LogP contribution in [0.5, 0.6) is 0 Å². The highest BCUT2D eigenvalue weighted by molar-refractivity contribution is 8.00. The number of rotatable bonds is 5. The standard InChI is InChI=1S/C20H21N5O2S/c1-24-18(16-7-9-21-10-8-16)22-23-20(24)28-17(15-5-3-2-4-6-15)19(26)25-11-13-27-14-12-25/h2-10,17H,11-14H2,1H3/t17-/m0/s1. The summed E-state index contributed by atoms with van der Waals surface area (Å²) in [6, 6.07) is 13.6. The van der Waals surface area contributed by atoms with Crippen molar-refractivity contribution in [3.63, 3.8) is 0 Å². The molecule has 0 spiro atoms. The summed E-state index contributed by atoms with van der Waals surface area (Å²) < 4.78 is 7.31. The average molecular weight is 395 g/mol. The van der Waals surface area contributed by atoms with Crippen molar-refractivity contribution in [2.45, 2.75) is 10.4 Å². The van der Waals surface area contributed by atoms with Crippen LogP contribution in [0.1, 0.15) is 10.8 Å². The molecule has 3 aromatic rings. The smallest absolute Gasteiger partial charge is 0.240 e. The van der Waals surface area contributed by atoms with Gasteiger partial charge in [0.05, 0.1) is 13.2 Å². The molecule has 7 nitrogen and oxygen atoms in total. The Balaban J connectivity index is 1.63. The van der Waals surface area contributed by atoms with E-state index in [4.69, 9.17) is 4.74 Å². The number of ether oxygens (including phenoxy) is 1. The maximum absolute atomic E-state index is 13.3. The number of thioether (sulfide) groups is 1. The Labute approximate surface area is 167 Å². The first-order chi connectivity index (χ1) is 13.7. The predicted octanol–water partition coefficient (Wildman–Crippen LogP) is 2.57. The molecule has 8 heteroatoms. The van der Waals surface area contributed by atoms with Gasteiger partial charge in [0, 0.05) is 38.1 Å². The first-order valence-electron chi connectivity index (χ1n) is 9.12. The van der Waals surface area contributed by atoms with Crippen LogP contribution >= 0.6 is 11.8 Å². The largest absolute Gasteiger partial charge is 0.378 e. The number of pyridine rings is 1. The number of hydrogen-bond acceptors (Lipinski definition) is 6. The lowest BCUT2D eigenvalue weighted by Crippen LogP contribution is -2.42. The summed E-state index contributed by atoms with van der Waals surface area (Å²) >= 11 is 1.43. The zero-order chi connectivity index (χ0) is 19.3. The molecule has 1 fully saturated rings. The van der Waals surface area contributed by atoms with E-state index in [0.29, 0.717) is 31.5 Å². The highest BCUT2D eigenvalue weighted by Crippen LogP contribution is 2.37. The Kier molecular flexibility index (Phi) is 5.68. The molecule has 28 heavy (non-hydrogen) atoms. The fraction of sp³-hybridized carbons (Fsp3) is 0.300. The molecule has 0 saturated carbocycles. The van der Waals surface area contributed by atoms with Crippen molar-refractivity contribution < 1.29 is 9.53 Å². The molecule has 1 amide bonds. The second-order valence-corrected chi connectivity index (χ2v) is 7.52. The highest BCUT2D eigenvalue weighted by atomic mass is 32.2. The fourth-order valence-corrected chi connectivity index (χ4v) is 4.20. The van der Waals surface area contributed by atoms with Crippen LogP contribution in [0.25, 0.3) is 11.4 Å². The van der Waals surface area contributed by atoms with Crippen molar-refractivity contribution in [3.8, 4) is 11.4 Å². The number of carbonyl (C=O) groups excluding carboxylic acids is 1. The van der Waals surface area contributed by atoms with Gasteiger partial charge in [-0.2, -0.15) is 0 Å². The molecule has 1 atom stereocenters. The van der Waals surface area contributed by atoms with Gasteiger partial charge in [0.1, 0.15) is 5.25 Å². The molecule has 2 aromatic heterocycles. The van der Waals surface area contributed by atoms with Gasteiger partial charge in [0.25, 0.3) is 0 Å². The molecule has 144 valence electrons. The lowest BCUT2D eigenvalue weighted by Gasteiger charge is -2.30. The van der Waals surface area contributed by atoms with Crippen LogP contribution in [0, 0.1) is 0 Å². The van der Waals surface area contributed by atoms with Crippen molar-refractivity contribution in [2.24, 2.45) is 7.05 Å². The van der Waals surface area contributed by atoms with Gasteiger partial charge in [-0.15, -0.1) is 10.2 Å². The number of nitrogens with zero attached hydrogens (tertiary/aromatic N) is 5. The van der Waals surface area contributed by atoms with Crippen LogP contribution in [-0.4, -0.2) is 56.9 Å². The Morgan fingerprint density at radius 2 is 1.79 bits per heavy atom.